The number of thioether (sulfide) groups is 1. The molecule has 2 heterocycles. The SMILES string of the molecule is Cl.Cl.O=C(NCCN1CCSCC1)C1CC2CCCCC2N1. The normalized spacial score (nSPS) is 31.5. The fourth-order valence-corrected chi connectivity index (χ4v) is 4.79. The van der Waals surface area contributed by atoms with Crippen molar-refractivity contribution in [3.63, 3.8) is 0 Å². The van der Waals surface area contributed by atoms with Crippen LogP contribution in [0.2, 0.25) is 0 Å². The van der Waals surface area contributed by atoms with Crippen molar-refractivity contribution >= 4 is 42.5 Å². The van der Waals surface area contributed by atoms with Crippen LogP contribution in [0, 0.1) is 5.92 Å². The van der Waals surface area contributed by atoms with E-state index in [-0.39, 0.29) is 36.8 Å². The average molecular weight is 370 g/mol. The largest absolute Gasteiger partial charge is 0.353 e. The Morgan fingerprint density at radius 3 is 2.64 bits per heavy atom. The predicted octanol–water partition coefficient (Wildman–Crippen LogP) is 1.92. The lowest BCUT2D eigenvalue weighted by Gasteiger charge is -2.26. The van der Waals surface area contributed by atoms with E-state index in [1.807, 2.05) is 11.8 Å². The Morgan fingerprint density at radius 1 is 1.18 bits per heavy atom. The molecule has 1 aliphatic carbocycles. The summed E-state index contributed by atoms with van der Waals surface area (Å²) in [5.41, 5.74) is 0. The molecule has 1 saturated carbocycles. The summed E-state index contributed by atoms with van der Waals surface area (Å²) in [6.07, 6.45) is 6.31. The van der Waals surface area contributed by atoms with E-state index in [0.29, 0.717) is 6.04 Å². The van der Waals surface area contributed by atoms with Crippen LogP contribution in [0.25, 0.3) is 0 Å². The van der Waals surface area contributed by atoms with Gasteiger partial charge >= 0.3 is 0 Å². The summed E-state index contributed by atoms with van der Waals surface area (Å²) in [6, 6.07) is 0.679. The van der Waals surface area contributed by atoms with Gasteiger partial charge in [0.25, 0.3) is 0 Å². The molecule has 0 radical (unpaired) electrons. The smallest absolute Gasteiger partial charge is 0.237 e. The van der Waals surface area contributed by atoms with Gasteiger partial charge in [0, 0.05) is 43.7 Å². The molecule has 0 bridgehead atoms. The first-order valence-electron chi connectivity index (χ1n) is 8.17. The minimum Gasteiger partial charge on any atom is -0.353 e. The van der Waals surface area contributed by atoms with Crippen molar-refractivity contribution in [2.45, 2.75) is 44.2 Å². The Balaban J connectivity index is 0.00000121. The zero-order valence-electron chi connectivity index (χ0n) is 13.1. The van der Waals surface area contributed by atoms with Gasteiger partial charge in [-0.15, -0.1) is 24.8 Å². The maximum atomic E-state index is 12.2. The molecular weight excluding hydrogens is 341 g/mol. The predicted molar refractivity (Wildman–Crippen MR) is 98.6 cm³/mol. The van der Waals surface area contributed by atoms with Gasteiger partial charge in [-0.2, -0.15) is 11.8 Å². The fraction of sp³-hybridized carbons (Fsp3) is 0.933. The van der Waals surface area contributed by atoms with Gasteiger partial charge in [0.05, 0.1) is 6.04 Å². The minimum atomic E-state index is 0. The lowest BCUT2D eigenvalue weighted by Crippen LogP contribution is -2.46. The number of nitrogens with one attached hydrogen (secondary N) is 2. The third-order valence-electron chi connectivity index (χ3n) is 5.01. The summed E-state index contributed by atoms with van der Waals surface area (Å²) >= 11 is 2.03. The monoisotopic (exact) mass is 369 g/mol. The van der Waals surface area contributed by atoms with E-state index in [9.17, 15) is 4.79 Å². The highest BCUT2D eigenvalue weighted by Crippen LogP contribution is 2.33. The molecule has 3 unspecified atom stereocenters. The van der Waals surface area contributed by atoms with E-state index in [1.165, 1.54) is 50.3 Å². The molecule has 3 fully saturated rings. The van der Waals surface area contributed by atoms with Crippen molar-refractivity contribution < 1.29 is 4.79 Å². The quantitative estimate of drug-likeness (QED) is 0.794. The second-order valence-electron chi connectivity index (χ2n) is 6.35. The molecule has 22 heavy (non-hydrogen) atoms. The standard InChI is InChI=1S/C15H27N3OS.2ClH/c19-15(16-5-6-18-7-9-20-10-8-18)14-11-12-3-1-2-4-13(12)17-14;;/h12-14,17H,1-11H2,(H,16,19);2*1H. The molecule has 1 amide bonds. The lowest BCUT2D eigenvalue weighted by atomic mass is 9.85. The summed E-state index contributed by atoms with van der Waals surface area (Å²) in [4.78, 5) is 14.7. The Morgan fingerprint density at radius 2 is 1.91 bits per heavy atom. The average Bonchev–Trinajstić information content (AvgIpc) is 2.92. The Hall–Kier alpha value is 0.320. The van der Waals surface area contributed by atoms with Gasteiger partial charge in [0.1, 0.15) is 0 Å². The molecule has 4 nitrogen and oxygen atoms in total. The van der Waals surface area contributed by atoms with Gasteiger partial charge in [-0.1, -0.05) is 12.8 Å². The van der Waals surface area contributed by atoms with Gasteiger partial charge in [0.15, 0.2) is 0 Å². The first-order chi connectivity index (χ1) is 9.83. The number of fused-ring (bicyclic) bond motifs is 1. The third-order valence-corrected chi connectivity index (χ3v) is 5.95. The second-order valence-corrected chi connectivity index (χ2v) is 7.58. The van der Waals surface area contributed by atoms with Crippen LogP contribution in [-0.2, 0) is 4.79 Å². The van der Waals surface area contributed by atoms with Crippen molar-refractivity contribution in [2.24, 2.45) is 5.92 Å². The van der Waals surface area contributed by atoms with Crippen molar-refractivity contribution in [3.05, 3.63) is 0 Å². The highest BCUT2D eigenvalue weighted by molar-refractivity contribution is 7.99. The van der Waals surface area contributed by atoms with E-state index in [4.69, 9.17) is 0 Å². The van der Waals surface area contributed by atoms with Crippen LogP contribution in [-0.4, -0.2) is 60.6 Å². The molecule has 130 valence electrons. The molecule has 7 heteroatoms. The molecule has 2 saturated heterocycles. The highest BCUT2D eigenvalue weighted by atomic mass is 35.5. The number of hydrogen-bond acceptors (Lipinski definition) is 4. The van der Waals surface area contributed by atoms with Gasteiger partial charge in [-0.05, 0) is 25.2 Å². The van der Waals surface area contributed by atoms with Crippen LogP contribution in [0.5, 0.6) is 0 Å². The number of amides is 1. The molecule has 0 spiro atoms. The topological polar surface area (TPSA) is 44.4 Å². The molecule has 0 aromatic carbocycles. The number of hydrogen-bond donors (Lipinski definition) is 2. The zero-order chi connectivity index (χ0) is 13.8. The van der Waals surface area contributed by atoms with E-state index in [2.05, 4.69) is 15.5 Å². The Kier molecular flexibility index (Phi) is 9.48. The highest BCUT2D eigenvalue weighted by Gasteiger charge is 2.37. The van der Waals surface area contributed by atoms with E-state index >= 15 is 0 Å². The van der Waals surface area contributed by atoms with Crippen molar-refractivity contribution in [3.8, 4) is 0 Å². The van der Waals surface area contributed by atoms with Gasteiger partial charge in [-0.3, -0.25) is 9.69 Å². The van der Waals surface area contributed by atoms with Gasteiger partial charge < -0.3 is 10.6 Å². The van der Waals surface area contributed by atoms with Crippen LogP contribution >= 0.6 is 36.6 Å². The molecule has 0 aromatic heterocycles. The van der Waals surface area contributed by atoms with Crippen molar-refractivity contribution in [2.75, 3.05) is 37.7 Å². The van der Waals surface area contributed by atoms with Crippen molar-refractivity contribution in [1.29, 1.82) is 0 Å². The zero-order valence-corrected chi connectivity index (χ0v) is 15.5. The van der Waals surface area contributed by atoms with Crippen LogP contribution in [0.1, 0.15) is 32.1 Å². The van der Waals surface area contributed by atoms with Crippen LogP contribution in [0.15, 0.2) is 0 Å². The first kappa shape index (κ1) is 20.4. The summed E-state index contributed by atoms with van der Waals surface area (Å²) in [5.74, 6) is 3.45. The van der Waals surface area contributed by atoms with Crippen molar-refractivity contribution in [1.82, 2.24) is 15.5 Å². The van der Waals surface area contributed by atoms with E-state index in [1.54, 1.807) is 0 Å². The third kappa shape index (κ3) is 5.45. The van der Waals surface area contributed by atoms with Crippen LogP contribution < -0.4 is 10.6 Å². The molecule has 3 rings (SSSR count). The summed E-state index contributed by atoms with van der Waals surface area (Å²) in [6.45, 7) is 4.15. The summed E-state index contributed by atoms with van der Waals surface area (Å²) in [5, 5.41) is 6.68. The maximum Gasteiger partial charge on any atom is 0.237 e. The molecule has 3 atom stereocenters. The van der Waals surface area contributed by atoms with E-state index in [0.717, 1.165) is 25.4 Å². The number of nitrogens with zero attached hydrogens (tertiary/aromatic N) is 1. The van der Waals surface area contributed by atoms with Gasteiger partial charge in [-0.25, -0.2) is 0 Å². The summed E-state index contributed by atoms with van der Waals surface area (Å²) < 4.78 is 0. The molecule has 0 aromatic rings. The molecule has 2 aliphatic heterocycles. The molecule has 2 N–H and O–H groups in total. The number of rotatable bonds is 4. The first-order valence-corrected chi connectivity index (χ1v) is 9.32. The molecule has 3 aliphatic rings. The van der Waals surface area contributed by atoms with Crippen LogP contribution in [0.4, 0.5) is 0 Å². The number of carbonyl (C=O) groups excluding carboxylic acids is 1. The minimum absolute atomic E-state index is 0. The van der Waals surface area contributed by atoms with Crippen LogP contribution in [0.3, 0.4) is 0 Å². The number of carbonyl (C=O) groups is 1. The maximum absolute atomic E-state index is 12.2. The second kappa shape index (κ2) is 10.2. The Bertz CT molecular complexity index is 329. The molecular formula is C15H29Cl2N3OS. The number of halogens is 2. The lowest BCUT2D eigenvalue weighted by molar-refractivity contribution is -0.122. The summed E-state index contributed by atoms with van der Waals surface area (Å²) in [7, 11) is 0. The fourth-order valence-electron chi connectivity index (χ4n) is 3.81. The Labute approximate surface area is 150 Å². The van der Waals surface area contributed by atoms with Gasteiger partial charge in [0.2, 0.25) is 5.91 Å². The van der Waals surface area contributed by atoms with E-state index < -0.39 is 0 Å².